The lowest BCUT2D eigenvalue weighted by molar-refractivity contribution is -0.452. The van der Waals surface area contributed by atoms with Crippen LogP contribution in [0.3, 0.4) is 0 Å². The fourth-order valence-electron chi connectivity index (χ4n) is 0.941. The van der Waals surface area contributed by atoms with Gasteiger partial charge in [0.25, 0.3) is 0 Å². The van der Waals surface area contributed by atoms with Gasteiger partial charge >= 0.3 is 5.97 Å². The minimum atomic E-state index is -1.08. The molecule has 0 amide bonds. The predicted octanol–water partition coefficient (Wildman–Crippen LogP) is -2.55. The van der Waals surface area contributed by atoms with E-state index in [1.807, 2.05) is 0 Å². The van der Waals surface area contributed by atoms with Crippen LogP contribution in [0, 0.1) is 0 Å². The van der Waals surface area contributed by atoms with Gasteiger partial charge in [-0.25, -0.2) is 0 Å². The van der Waals surface area contributed by atoms with Crippen molar-refractivity contribution >= 4 is 23.6 Å². The van der Waals surface area contributed by atoms with Crippen LogP contribution in [0.15, 0.2) is 0 Å². The van der Waals surface area contributed by atoms with Gasteiger partial charge in [0, 0.05) is 6.92 Å². The highest BCUT2D eigenvalue weighted by atomic mass is 32.2. The molecule has 0 aromatic heterocycles. The highest BCUT2D eigenvalue weighted by Crippen LogP contribution is 2.06. The first kappa shape index (κ1) is 14.2. The second-order valence-corrected chi connectivity index (χ2v) is 4.74. The number of nitrogens with one attached hydrogen (secondary N) is 1. The first-order chi connectivity index (χ1) is 6.92. The lowest BCUT2D eigenvalue weighted by Gasteiger charge is -2.17. The van der Waals surface area contributed by atoms with Crippen LogP contribution in [-0.4, -0.2) is 40.5 Å². The zero-order valence-corrected chi connectivity index (χ0v) is 10.2. The molecule has 0 rings (SSSR count). The van der Waals surface area contributed by atoms with E-state index in [4.69, 9.17) is 16.6 Å². The largest absolute Gasteiger partial charge is 0.480 e. The molecule has 0 radical (unpaired) electrons. The monoisotopic (exact) mass is 235 g/mol. The molecule has 0 aliphatic rings. The Hall–Kier alpha value is -0.750. The van der Waals surface area contributed by atoms with Crippen LogP contribution < -0.4 is 16.5 Å². The van der Waals surface area contributed by atoms with Gasteiger partial charge in [-0.15, -0.1) is 0 Å². The van der Waals surface area contributed by atoms with Crippen molar-refractivity contribution in [1.29, 1.82) is 0 Å². The zero-order chi connectivity index (χ0) is 11.9. The van der Waals surface area contributed by atoms with Crippen LogP contribution in [0.4, 0.5) is 0 Å². The average molecular weight is 235 g/mol. The Morgan fingerprint density at radius 1 is 1.60 bits per heavy atom. The molecule has 0 saturated carbocycles. The number of carboxylic acid groups (broad SMARTS) is 1. The van der Waals surface area contributed by atoms with E-state index < -0.39 is 11.5 Å². The summed E-state index contributed by atoms with van der Waals surface area (Å²) in [6.45, 7) is 4.33. The van der Waals surface area contributed by atoms with Gasteiger partial charge in [-0.3, -0.25) is 15.5 Å². The Morgan fingerprint density at radius 3 is 2.60 bits per heavy atom. The van der Waals surface area contributed by atoms with Crippen molar-refractivity contribution in [3.8, 4) is 0 Å². The summed E-state index contributed by atoms with van der Waals surface area (Å²) in [5.41, 5.74) is 10.1. The van der Waals surface area contributed by atoms with Gasteiger partial charge in [-0.05, 0) is 18.2 Å². The normalized spacial score (nSPS) is 16.1. The van der Waals surface area contributed by atoms with Crippen LogP contribution in [-0.2, 0) is 16.6 Å². The fraction of sp³-hybridized carbons (Fsp3) is 0.778. The SMILES string of the molecule is CC[C@](N)(C[SH+]CC[NH+]=C(C)N)C(=O)O. The minimum Gasteiger partial charge on any atom is -0.480 e. The van der Waals surface area contributed by atoms with Gasteiger partial charge in [0.2, 0.25) is 5.84 Å². The van der Waals surface area contributed by atoms with Crippen LogP contribution in [0.5, 0.6) is 0 Å². The van der Waals surface area contributed by atoms with E-state index >= 15 is 0 Å². The maximum absolute atomic E-state index is 10.9. The molecule has 0 spiro atoms. The zero-order valence-electron chi connectivity index (χ0n) is 9.29. The lowest BCUT2D eigenvalue weighted by Crippen LogP contribution is -2.75. The number of thiol groups is 1. The smallest absolute Gasteiger partial charge is 0.328 e. The van der Waals surface area contributed by atoms with Gasteiger partial charge in [-0.1, -0.05) is 6.92 Å². The average Bonchev–Trinajstić information content (AvgIpc) is 2.16. The maximum atomic E-state index is 10.9. The number of nitrogens with two attached hydrogens (primary N) is 2. The molecule has 0 aromatic carbocycles. The third kappa shape index (κ3) is 5.64. The molecular weight excluding hydrogens is 214 g/mol. The van der Waals surface area contributed by atoms with E-state index in [-0.39, 0.29) is 0 Å². The predicted molar refractivity (Wildman–Crippen MR) is 64.0 cm³/mol. The van der Waals surface area contributed by atoms with E-state index in [0.717, 1.165) is 24.1 Å². The molecule has 0 fully saturated rings. The third-order valence-electron chi connectivity index (χ3n) is 2.12. The molecular formula is C9H21N3O2S+2. The molecule has 5 nitrogen and oxygen atoms in total. The second kappa shape index (κ2) is 6.68. The summed E-state index contributed by atoms with van der Waals surface area (Å²) >= 11 is 1.03. The van der Waals surface area contributed by atoms with E-state index in [9.17, 15) is 4.79 Å². The van der Waals surface area contributed by atoms with E-state index in [0.29, 0.717) is 18.0 Å². The number of hydrogen-bond donors (Lipinski definition) is 4. The molecule has 0 aromatic rings. The first-order valence-corrected chi connectivity index (χ1v) is 6.17. The van der Waals surface area contributed by atoms with Crippen molar-refractivity contribution < 1.29 is 14.9 Å². The number of rotatable bonds is 7. The number of carboxylic acids is 1. The molecule has 15 heavy (non-hydrogen) atoms. The second-order valence-electron chi connectivity index (χ2n) is 3.53. The van der Waals surface area contributed by atoms with Crippen molar-refractivity contribution in [1.82, 2.24) is 0 Å². The number of carbonyl (C=O) groups is 1. The third-order valence-corrected chi connectivity index (χ3v) is 3.45. The van der Waals surface area contributed by atoms with E-state index in [1.54, 1.807) is 13.8 Å². The Kier molecular flexibility index (Phi) is 6.35. The van der Waals surface area contributed by atoms with Gasteiger partial charge in [0.1, 0.15) is 18.1 Å². The molecule has 0 unspecified atom stereocenters. The van der Waals surface area contributed by atoms with Crippen LogP contribution in [0.25, 0.3) is 0 Å². The topological polar surface area (TPSA) is 103 Å². The van der Waals surface area contributed by atoms with Gasteiger partial charge in [0.15, 0.2) is 5.54 Å². The minimum absolute atomic E-state index is 0.449. The highest BCUT2D eigenvalue weighted by Gasteiger charge is 2.35. The Bertz CT molecular complexity index is 242. The summed E-state index contributed by atoms with van der Waals surface area (Å²) in [6, 6.07) is 0. The van der Waals surface area contributed by atoms with Crippen molar-refractivity contribution in [3.05, 3.63) is 0 Å². The molecule has 1 atom stereocenters. The molecule has 6 heteroatoms. The summed E-state index contributed by atoms with van der Waals surface area (Å²) in [5.74, 6) is 1.08. The summed E-state index contributed by atoms with van der Waals surface area (Å²) in [5, 5.41) is 8.91. The first-order valence-electron chi connectivity index (χ1n) is 4.91. The number of amidine groups is 1. The van der Waals surface area contributed by atoms with Gasteiger partial charge < -0.3 is 10.8 Å². The summed E-state index contributed by atoms with van der Waals surface area (Å²) < 4.78 is 0. The van der Waals surface area contributed by atoms with Crippen molar-refractivity contribution in [2.24, 2.45) is 11.5 Å². The van der Waals surface area contributed by atoms with Gasteiger partial charge in [-0.2, -0.15) is 0 Å². The van der Waals surface area contributed by atoms with Crippen LogP contribution >= 0.6 is 0 Å². The molecule has 0 aliphatic carbocycles. The fourth-order valence-corrected chi connectivity index (χ4v) is 2.13. The van der Waals surface area contributed by atoms with E-state index in [2.05, 4.69) is 4.99 Å². The molecule has 88 valence electrons. The summed E-state index contributed by atoms with van der Waals surface area (Å²) in [6.07, 6.45) is 0.449. The molecule has 6 N–H and O–H groups in total. The van der Waals surface area contributed by atoms with Gasteiger partial charge in [0.05, 0.1) is 0 Å². The molecule has 0 heterocycles. The summed E-state index contributed by atoms with van der Waals surface area (Å²) in [7, 11) is 0. The van der Waals surface area contributed by atoms with Crippen LogP contribution in [0.1, 0.15) is 20.3 Å². The summed E-state index contributed by atoms with van der Waals surface area (Å²) in [4.78, 5) is 13.8. The molecule has 0 bridgehead atoms. The number of hydrogen-bond acceptors (Lipinski definition) is 2. The maximum Gasteiger partial charge on any atom is 0.328 e. The standard InChI is InChI=1S/C9H19N3O2S/c1-3-9(11,8(13)14)6-15-5-4-12-7(2)10/h3-6,11H2,1-2H3,(H2,10,12)(H,13,14)/p+2/t9-/m0/s1. The van der Waals surface area contributed by atoms with Crippen LogP contribution in [0.2, 0.25) is 0 Å². The Morgan fingerprint density at radius 2 is 2.20 bits per heavy atom. The Balaban J connectivity index is 3.84. The highest BCUT2D eigenvalue weighted by molar-refractivity contribution is 7.78. The molecule has 0 saturated heterocycles. The lowest BCUT2D eigenvalue weighted by atomic mass is 10.0. The Labute approximate surface area is 94.3 Å². The van der Waals surface area contributed by atoms with Crippen molar-refractivity contribution in [2.75, 3.05) is 18.1 Å². The quantitative estimate of drug-likeness (QED) is 0.128. The molecule has 0 aliphatic heterocycles. The van der Waals surface area contributed by atoms with E-state index in [1.165, 1.54) is 0 Å². The van der Waals surface area contributed by atoms with Crippen molar-refractivity contribution in [3.63, 3.8) is 0 Å². The number of aliphatic carboxylic acids is 1. The van der Waals surface area contributed by atoms with Crippen molar-refractivity contribution in [2.45, 2.75) is 25.8 Å².